The molecule has 0 atom stereocenters. The summed E-state index contributed by atoms with van der Waals surface area (Å²) in [5.74, 6) is 5.17. The van der Waals surface area contributed by atoms with Crippen molar-refractivity contribution >= 4 is 22.1 Å². The minimum atomic E-state index is -2.22. The molecule has 2 aromatic rings. The van der Waals surface area contributed by atoms with Gasteiger partial charge in [-0.2, -0.15) is 0 Å². The fourth-order valence-electron chi connectivity index (χ4n) is 4.45. The molecule has 1 heteroatoms. The average Bonchev–Trinajstić information content (AvgIpc) is 3.05. The summed E-state index contributed by atoms with van der Waals surface area (Å²) in [4.78, 5) is 0. The number of allylic oxidation sites excluding steroid dienone is 2. The van der Waals surface area contributed by atoms with Crippen molar-refractivity contribution < 1.29 is 0 Å². The van der Waals surface area contributed by atoms with Crippen LogP contribution in [0.1, 0.15) is 30.4 Å². The molecule has 110 valence electrons. The zero-order valence-electron chi connectivity index (χ0n) is 13.4. The fourth-order valence-corrected chi connectivity index (χ4v) is 13.0. The monoisotopic (exact) mass is 348 g/mol. The van der Waals surface area contributed by atoms with Crippen molar-refractivity contribution in [2.24, 2.45) is 0 Å². The SMILES string of the molecule is [CH3][Ge]1([CH3])[C](c2ccccc2)=C2CCCC2=[C]1c1ccccc1. The topological polar surface area (TPSA) is 0 Å². The van der Waals surface area contributed by atoms with Crippen LogP contribution >= 0.6 is 0 Å². The van der Waals surface area contributed by atoms with E-state index in [4.69, 9.17) is 0 Å². The van der Waals surface area contributed by atoms with Crippen LogP contribution in [-0.4, -0.2) is 13.3 Å². The van der Waals surface area contributed by atoms with Gasteiger partial charge in [0.1, 0.15) is 0 Å². The summed E-state index contributed by atoms with van der Waals surface area (Å²) in [5, 5.41) is 0. The van der Waals surface area contributed by atoms with E-state index in [9.17, 15) is 0 Å². The van der Waals surface area contributed by atoms with Crippen LogP contribution in [0, 0.1) is 0 Å². The van der Waals surface area contributed by atoms with Crippen LogP contribution in [0.15, 0.2) is 71.8 Å². The first-order chi connectivity index (χ1) is 10.7. The van der Waals surface area contributed by atoms with E-state index in [1.54, 1.807) is 20.0 Å². The van der Waals surface area contributed by atoms with E-state index in [-0.39, 0.29) is 0 Å². The van der Waals surface area contributed by atoms with Gasteiger partial charge in [0.15, 0.2) is 0 Å². The molecule has 0 spiro atoms. The third-order valence-corrected chi connectivity index (χ3v) is 12.9. The van der Waals surface area contributed by atoms with Crippen molar-refractivity contribution in [2.75, 3.05) is 0 Å². The van der Waals surface area contributed by atoms with Crippen molar-refractivity contribution in [3.63, 3.8) is 0 Å². The van der Waals surface area contributed by atoms with Crippen LogP contribution in [0.5, 0.6) is 0 Å². The fraction of sp³-hybridized carbons (Fsp3) is 0.238. The third-order valence-electron chi connectivity index (χ3n) is 5.20. The number of benzene rings is 2. The summed E-state index contributed by atoms with van der Waals surface area (Å²) in [6.07, 6.45) is 3.89. The summed E-state index contributed by atoms with van der Waals surface area (Å²) in [7, 11) is 0. The van der Waals surface area contributed by atoms with Gasteiger partial charge in [0.05, 0.1) is 0 Å². The Bertz CT molecular complexity index is 699. The van der Waals surface area contributed by atoms with Crippen molar-refractivity contribution in [1.82, 2.24) is 0 Å². The maximum atomic E-state index is 2.59. The zero-order chi connectivity index (χ0) is 15.2. The maximum absolute atomic E-state index is 2.59. The normalized spacial score (nSPS) is 19.7. The molecule has 0 bridgehead atoms. The van der Waals surface area contributed by atoms with Crippen molar-refractivity contribution in [1.29, 1.82) is 0 Å². The third kappa shape index (κ3) is 2.05. The van der Waals surface area contributed by atoms with Crippen LogP contribution in [-0.2, 0) is 0 Å². The standard InChI is InChI=1S/C21H22Ge/c1-22(2)20(16-10-5-3-6-11-16)18-14-9-15-19(18)21(22)17-12-7-4-8-13-17/h3-8,10-13H,9,14-15H2,1-2H3. The van der Waals surface area contributed by atoms with Gasteiger partial charge in [-0.05, 0) is 0 Å². The molecule has 0 aromatic heterocycles. The quantitative estimate of drug-likeness (QED) is 0.596. The molecule has 2 aliphatic rings. The van der Waals surface area contributed by atoms with E-state index in [0.29, 0.717) is 0 Å². The van der Waals surface area contributed by atoms with Crippen LogP contribution in [0.4, 0.5) is 0 Å². The first-order valence-corrected chi connectivity index (χ1v) is 14.6. The van der Waals surface area contributed by atoms with Gasteiger partial charge in [0, 0.05) is 0 Å². The number of hydrogen-bond donors (Lipinski definition) is 0. The van der Waals surface area contributed by atoms with E-state index in [0.717, 1.165) is 0 Å². The van der Waals surface area contributed by atoms with Gasteiger partial charge >= 0.3 is 136 Å². The van der Waals surface area contributed by atoms with E-state index >= 15 is 0 Å². The molecule has 0 amide bonds. The molecule has 22 heavy (non-hydrogen) atoms. The van der Waals surface area contributed by atoms with Gasteiger partial charge in [0.2, 0.25) is 0 Å². The van der Waals surface area contributed by atoms with Gasteiger partial charge in [-0.25, -0.2) is 0 Å². The first-order valence-electron chi connectivity index (χ1n) is 8.28. The first kappa shape index (κ1) is 14.1. The van der Waals surface area contributed by atoms with Gasteiger partial charge in [0.25, 0.3) is 0 Å². The van der Waals surface area contributed by atoms with Gasteiger partial charge in [-0.15, -0.1) is 0 Å². The number of rotatable bonds is 2. The molecule has 1 aliphatic carbocycles. The summed E-state index contributed by atoms with van der Waals surface area (Å²) < 4.78 is 3.49. The molecule has 0 nitrogen and oxygen atoms in total. The second-order valence-electron chi connectivity index (χ2n) is 6.92. The van der Waals surface area contributed by atoms with Crippen LogP contribution in [0.3, 0.4) is 0 Å². The van der Waals surface area contributed by atoms with Gasteiger partial charge in [-0.3, -0.25) is 0 Å². The van der Waals surface area contributed by atoms with E-state index in [2.05, 4.69) is 72.2 Å². The Balaban J connectivity index is 1.93. The Morgan fingerprint density at radius 1 is 0.636 bits per heavy atom. The van der Waals surface area contributed by atoms with E-state index in [1.165, 1.54) is 30.4 Å². The Morgan fingerprint density at radius 2 is 1.05 bits per heavy atom. The molecule has 2 aromatic carbocycles. The molecule has 0 unspecified atom stereocenters. The van der Waals surface area contributed by atoms with Crippen LogP contribution in [0.25, 0.3) is 8.81 Å². The molecule has 1 fully saturated rings. The molecule has 0 saturated heterocycles. The summed E-state index contributed by atoms with van der Waals surface area (Å²) in [5.41, 5.74) is 6.37. The zero-order valence-corrected chi connectivity index (χ0v) is 15.5. The number of hydrogen-bond acceptors (Lipinski definition) is 0. The Kier molecular flexibility index (Phi) is 3.38. The Hall–Kier alpha value is -1.54. The molecular weight excluding hydrogens is 325 g/mol. The van der Waals surface area contributed by atoms with Gasteiger partial charge in [-0.1, -0.05) is 0 Å². The van der Waals surface area contributed by atoms with Gasteiger partial charge < -0.3 is 0 Å². The van der Waals surface area contributed by atoms with Crippen molar-refractivity contribution in [2.45, 2.75) is 30.8 Å². The van der Waals surface area contributed by atoms with E-state index < -0.39 is 13.3 Å². The summed E-state index contributed by atoms with van der Waals surface area (Å²) in [6.45, 7) is 0. The Labute approximate surface area is 135 Å². The second-order valence-corrected chi connectivity index (χ2v) is 15.8. The molecule has 4 rings (SSSR count). The predicted molar refractivity (Wildman–Crippen MR) is 98.1 cm³/mol. The Morgan fingerprint density at radius 3 is 1.45 bits per heavy atom. The van der Waals surface area contributed by atoms with E-state index in [1.807, 2.05) is 0 Å². The summed E-state index contributed by atoms with van der Waals surface area (Å²) >= 11 is -2.22. The molecule has 0 N–H and O–H groups in total. The van der Waals surface area contributed by atoms with Crippen molar-refractivity contribution in [3.05, 3.63) is 82.9 Å². The number of fused-ring (bicyclic) bond motifs is 1. The van der Waals surface area contributed by atoms with Crippen molar-refractivity contribution in [3.8, 4) is 0 Å². The summed E-state index contributed by atoms with van der Waals surface area (Å²) in [6, 6.07) is 22.3. The molecule has 0 radical (unpaired) electrons. The average molecular weight is 347 g/mol. The minimum absolute atomic E-state index is 1.28. The predicted octanol–water partition coefficient (Wildman–Crippen LogP) is 5.88. The van der Waals surface area contributed by atoms with Crippen LogP contribution in [0.2, 0.25) is 11.5 Å². The molecular formula is C21H22Ge. The molecule has 1 heterocycles. The molecule has 1 saturated carbocycles. The second kappa shape index (κ2) is 5.28. The van der Waals surface area contributed by atoms with Crippen LogP contribution < -0.4 is 0 Å². The molecule has 1 aliphatic heterocycles.